The SMILES string of the molecule is Cc1cccc(-n2nc(C(C)(C)C)cc2NC(=O)CN(C(=O)C2C[C@H]2c2ccccc2)C(C)C)c1C. The fourth-order valence-electron chi connectivity index (χ4n) is 4.59. The molecule has 1 unspecified atom stereocenters. The van der Waals surface area contributed by atoms with Gasteiger partial charge in [0.05, 0.1) is 11.4 Å². The number of carbonyl (C=O) groups is 2. The summed E-state index contributed by atoms with van der Waals surface area (Å²) in [6.45, 7) is 14.4. The first-order valence-electron chi connectivity index (χ1n) is 12.8. The topological polar surface area (TPSA) is 67.2 Å². The first kappa shape index (κ1) is 25.7. The summed E-state index contributed by atoms with van der Waals surface area (Å²) < 4.78 is 1.81. The van der Waals surface area contributed by atoms with Gasteiger partial charge in [-0.15, -0.1) is 0 Å². The highest BCUT2D eigenvalue weighted by molar-refractivity contribution is 5.95. The van der Waals surface area contributed by atoms with Gasteiger partial charge in [0.2, 0.25) is 11.8 Å². The zero-order valence-corrected chi connectivity index (χ0v) is 22.5. The molecule has 1 aliphatic rings. The summed E-state index contributed by atoms with van der Waals surface area (Å²) in [5, 5.41) is 7.92. The Bertz CT molecular complexity index is 1250. The average Bonchev–Trinajstić information content (AvgIpc) is 3.52. The van der Waals surface area contributed by atoms with Crippen LogP contribution in [0, 0.1) is 19.8 Å². The van der Waals surface area contributed by atoms with E-state index in [-0.39, 0.29) is 41.7 Å². The molecule has 3 aromatic rings. The van der Waals surface area contributed by atoms with Gasteiger partial charge in [-0.1, -0.05) is 63.2 Å². The normalized spacial score (nSPS) is 17.2. The van der Waals surface area contributed by atoms with Crippen LogP contribution in [0.3, 0.4) is 0 Å². The lowest BCUT2D eigenvalue weighted by atomic mass is 9.92. The van der Waals surface area contributed by atoms with Gasteiger partial charge in [0.25, 0.3) is 0 Å². The molecule has 6 nitrogen and oxygen atoms in total. The van der Waals surface area contributed by atoms with Crippen LogP contribution in [0.1, 0.15) is 69.3 Å². The molecule has 1 aliphatic carbocycles. The van der Waals surface area contributed by atoms with Gasteiger partial charge in [-0.3, -0.25) is 9.59 Å². The second-order valence-electron chi connectivity index (χ2n) is 11.3. The van der Waals surface area contributed by atoms with Gasteiger partial charge >= 0.3 is 0 Å². The zero-order valence-electron chi connectivity index (χ0n) is 22.5. The average molecular weight is 487 g/mol. The smallest absolute Gasteiger partial charge is 0.245 e. The van der Waals surface area contributed by atoms with E-state index < -0.39 is 0 Å². The van der Waals surface area contributed by atoms with E-state index in [1.165, 1.54) is 5.56 Å². The van der Waals surface area contributed by atoms with E-state index in [2.05, 4.69) is 58.1 Å². The number of hydrogen-bond acceptors (Lipinski definition) is 3. The van der Waals surface area contributed by atoms with Gasteiger partial charge in [-0.25, -0.2) is 4.68 Å². The molecule has 2 aromatic carbocycles. The predicted octanol–water partition coefficient (Wildman–Crippen LogP) is 5.77. The van der Waals surface area contributed by atoms with Gasteiger partial charge in [0.1, 0.15) is 12.4 Å². The van der Waals surface area contributed by atoms with Crippen molar-refractivity contribution < 1.29 is 9.59 Å². The van der Waals surface area contributed by atoms with Crippen LogP contribution in [0.2, 0.25) is 0 Å². The first-order valence-corrected chi connectivity index (χ1v) is 12.8. The van der Waals surface area contributed by atoms with E-state index in [0.717, 1.165) is 28.9 Å². The van der Waals surface area contributed by atoms with Crippen molar-refractivity contribution >= 4 is 17.6 Å². The number of anilines is 1. The standard InChI is InChI=1S/C30H38N4O2/c1-19(2)33(29(36)24-16-23(24)22-13-9-8-10-14-22)18-28(35)31-27-17-26(30(5,6)7)32-34(27)25-15-11-12-20(3)21(25)4/h8-15,17,19,23-24H,16,18H2,1-7H3,(H,31,35)/t23-,24?/m0/s1. The fraction of sp³-hybridized carbons (Fsp3) is 0.433. The number of amides is 2. The number of nitrogens with zero attached hydrogens (tertiary/aromatic N) is 3. The molecule has 36 heavy (non-hydrogen) atoms. The van der Waals surface area contributed by atoms with Gasteiger partial charge in [-0.05, 0) is 62.8 Å². The summed E-state index contributed by atoms with van der Waals surface area (Å²) in [6, 6.07) is 18.1. The molecular formula is C30H38N4O2. The molecule has 0 radical (unpaired) electrons. The molecule has 1 heterocycles. The van der Waals surface area contributed by atoms with Crippen LogP contribution >= 0.6 is 0 Å². The Hall–Kier alpha value is -3.41. The Morgan fingerprint density at radius 2 is 1.78 bits per heavy atom. The minimum atomic E-state index is -0.221. The van der Waals surface area contributed by atoms with Crippen molar-refractivity contribution in [3.8, 4) is 5.69 Å². The van der Waals surface area contributed by atoms with Crippen LogP contribution in [0.5, 0.6) is 0 Å². The van der Waals surface area contributed by atoms with Gasteiger partial charge in [0.15, 0.2) is 0 Å². The minimum absolute atomic E-state index is 0.0113. The molecule has 0 aliphatic heterocycles. The highest BCUT2D eigenvalue weighted by Crippen LogP contribution is 2.48. The molecule has 1 saturated carbocycles. The van der Waals surface area contributed by atoms with Crippen LogP contribution in [0.4, 0.5) is 5.82 Å². The van der Waals surface area contributed by atoms with E-state index in [4.69, 9.17) is 5.10 Å². The van der Waals surface area contributed by atoms with Crippen molar-refractivity contribution in [3.05, 3.63) is 77.0 Å². The summed E-state index contributed by atoms with van der Waals surface area (Å²) in [4.78, 5) is 28.3. The third kappa shape index (κ3) is 5.38. The van der Waals surface area contributed by atoms with Crippen molar-refractivity contribution in [1.82, 2.24) is 14.7 Å². The largest absolute Gasteiger partial charge is 0.331 e. The van der Waals surface area contributed by atoms with Gasteiger partial charge in [0, 0.05) is 23.4 Å². The van der Waals surface area contributed by atoms with Crippen LogP contribution in [0.25, 0.3) is 5.69 Å². The monoisotopic (exact) mass is 486 g/mol. The maximum Gasteiger partial charge on any atom is 0.245 e. The van der Waals surface area contributed by atoms with Crippen LogP contribution in [-0.2, 0) is 15.0 Å². The van der Waals surface area contributed by atoms with Gasteiger partial charge in [-0.2, -0.15) is 5.10 Å². The lowest BCUT2D eigenvalue weighted by Gasteiger charge is -2.26. The van der Waals surface area contributed by atoms with Crippen molar-refractivity contribution in [2.75, 3.05) is 11.9 Å². The summed E-state index contributed by atoms with van der Waals surface area (Å²) in [7, 11) is 0. The Labute approximate surface area is 214 Å². The van der Waals surface area contributed by atoms with Gasteiger partial charge < -0.3 is 10.2 Å². The number of nitrogens with one attached hydrogen (secondary N) is 1. The van der Waals surface area contributed by atoms with Crippen molar-refractivity contribution in [2.45, 2.75) is 72.3 Å². The summed E-state index contributed by atoms with van der Waals surface area (Å²) >= 11 is 0. The number of aromatic nitrogens is 2. The molecule has 0 bridgehead atoms. The van der Waals surface area contributed by atoms with Crippen LogP contribution in [0.15, 0.2) is 54.6 Å². The molecule has 2 atom stereocenters. The molecule has 190 valence electrons. The molecule has 2 amide bonds. The van der Waals surface area contributed by atoms with Crippen molar-refractivity contribution in [1.29, 1.82) is 0 Å². The third-order valence-electron chi connectivity index (χ3n) is 7.11. The lowest BCUT2D eigenvalue weighted by Crippen LogP contribution is -2.43. The third-order valence-corrected chi connectivity index (χ3v) is 7.11. The summed E-state index contributed by atoms with van der Waals surface area (Å²) in [6.07, 6.45) is 0.835. The Morgan fingerprint density at radius 3 is 2.42 bits per heavy atom. The number of benzene rings is 2. The minimum Gasteiger partial charge on any atom is -0.331 e. The van der Waals surface area contributed by atoms with E-state index in [1.54, 1.807) is 4.90 Å². The second-order valence-corrected chi connectivity index (χ2v) is 11.3. The number of rotatable bonds is 7. The maximum atomic E-state index is 13.4. The Kier molecular flexibility index (Phi) is 7.07. The van der Waals surface area contributed by atoms with Crippen molar-refractivity contribution in [3.63, 3.8) is 0 Å². The van der Waals surface area contributed by atoms with Crippen LogP contribution < -0.4 is 5.32 Å². The molecule has 1 fully saturated rings. The molecule has 0 spiro atoms. The first-order chi connectivity index (χ1) is 17.0. The molecule has 0 saturated heterocycles. The number of hydrogen-bond donors (Lipinski definition) is 1. The highest BCUT2D eigenvalue weighted by atomic mass is 16.2. The van der Waals surface area contributed by atoms with E-state index in [1.807, 2.05) is 54.9 Å². The number of carbonyl (C=O) groups excluding carboxylic acids is 2. The fourth-order valence-corrected chi connectivity index (χ4v) is 4.59. The molecule has 6 heteroatoms. The maximum absolute atomic E-state index is 13.4. The van der Waals surface area contributed by atoms with E-state index in [9.17, 15) is 9.59 Å². The molecular weight excluding hydrogens is 448 g/mol. The lowest BCUT2D eigenvalue weighted by molar-refractivity contribution is -0.137. The van der Waals surface area contributed by atoms with E-state index in [0.29, 0.717) is 5.82 Å². The van der Waals surface area contributed by atoms with Crippen LogP contribution in [-0.4, -0.2) is 39.1 Å². The molecule has 1 N–H and O–H groups in total. The Balaban J connectivity index is 1.54. The predicted molar refractivity (Wildman–Crippen MR) is 145 cm³/mol. The molecule has 1 aromatic heterocycles. The summed E-state index contributed by atoms with van der Waals surface area (Å²) in [5.41, 5.74) is 5.10. The summed E-state index contributed by atoms with van der Waals surface area (Å²) in [5.74, 6) is 0.621. The van der Waals surface area contributed by atoms with E-state index >= 15 is 0 Å². The number of aryl methyl sites for hydroxylation is 1. The molecule has 4 rings (SSSR count). The second kappa shape index (κ2) is 9.92. The quantitative estimate of drug-likeness (QED) is 0.461. The van der Waals surface area contributed by atoms with Crippen molar-refractivity contribution in [2.24, 2.45) is 5.92 Å². The Morgan fingerprint density at radius 1 is 1.08 bits per heavy atom. The highest BCUT2D eigenvalue weighted by Gasteiger charge is 2.46. The zero-order chi connectivity index (χ0) is 26.2.